The van der Waals surface area contributed by atoms with Crippen molar-refractivity contribution < 1.29 is 4.39 Å². The van der Waals surface area contributed by atoms with E-state index in [0.29, 0.717) is 17.1 Å². The number of imidazole rings is 1. The Balaban J connectivity index is 2.58. The summed E-state index contributed by atoms with van der Waals surface area (Å²) in [6.45, 7) is 3.77. The van der Waals surface area contributed by atoms with Crippen molar-refractivity contribution in [2.24, 2.45) is 0 Å². The van der Waals surface area contributed by atoms with Crippen LogP contribution in [0.4, 0.5) is 10.1 Å². The minimum atomic E-state index is -0.321. The van der Waals surface area contributed by atoms with Gasteiger partial charge >= 0.3 is 0 Å². The van der Waals surface area contributed by atoms with Gasteiger partial charge in [-0.25, -0.2) is 9.37 Å². The minimum Gasteiger partial charge on any atom is -0.399 e. The molecule has 0 aliphatic rings. The maximum absolute atomic E-state index is 13.5. The van der Waals surface area contributed by atoms with Crippen LogP contribution < -0.4 is 5.73 Å². The molecule has 2 aromatic rings. The van der Waals surface area contributed by atoms with Crippen LogP contribution in [-0.4, -0.2) is 9.97 Å². The number of rotatable bonds is 1. The first-order valence-electron chi connectivity index (χ1n) is 4.66. The minimum absolute atomic E-state index is 0.321. The van der Waals surface area contributed by atoms with E-state index in [1.165, 1.54) is 12.1 Å². The Morgan fingerprint density at radius 1 is 1.33 bits per heavy atom. The van der Waals surface area contributed by atoms with Gasteiger partial charge in [-0.05, 0) is 32.0 Å². The fraction of sp³-hybridized carbons (Fsp3) is 0.182. The Labute approximate surface area is 87.2 Å². The lowest BCUT2D eigenvalue weighted by Crippen LogP contribution is -1.91. The number of nitrogens with zero attached hydrogens (tertiary/aromatic N) is 1. The van der Waals surface area contributed by atoms with Crippen LogP contribution in [0.25, 0.3) is 11.4 Å². The monoisotopic (exact) mass is 205 g/mol. The average Bonchev–Trinajstić information content (AvgIpc) is 2.51. The van der Waals surface area contributed by atoms with E-state index in [-0.39, 0.29) is 5.82 Å². The molecule has 0 aliphatic heterocycles. The van der Waals surface area contributed by atoms with E-state index in [1.807, 2.05) is 13.8 Å². The summed E-state index contributed by atoms with van der Waals surface area (Å²) < 4.78 is 13.5. The number of aryl methyl sites for hydroxylation is 2. The van der Waals surface area contributed by atoms with E-state index in [0.717, 1.165) is 11.4 Å². The predicted octanol–water partition coefficient (Wildman–Crippen LogP) is 2.41. The molecule has 0 bridgehead atoms. The van der Waals surface area contributed by atoms with Gasteiger partial charge in [-0.1, -0.05) is 0 Å². The van der Waals surface area contributed by atoms with Gasteiger partial charge < -0.3 is 10.7 Å². The number of nitrogens with two attached hydrogens (primary N) is 1. The molecule has 3 nitrogen and oxygen atoms in total. The zero-order valence-electron chi connectivity index (χ0n) is 8.63. The van der Waals surface area contributed by atoms with E-state index >= 15 is 0 Å². The molecule has 0 unspecified atom stereocenters. The van der Waals surface area contributed by atoms with Crippen molar-refractivity contribution >= 4 is 5.69 Å². The second-order valence-electron chi connectivity index (χ2n) is 3.54. The average molecular weight is 205 g/mol. The van der Waals surface area contributed by atoms with Crippen molar-refractivity contribution in [1.82, 2.24) is 9.97 Å². The standard InChI is InChI=1S/C11H12FN3/c1-6-7(2)15-11(14-6)9-5-8(13)3-4-10(9)12/h3-5H,13H2,1-2H3,(H,14,15). The van der Waals surface area contributed by atoms with Crippen LogP contribution in [0.2, 0.25) is 0 Å². The first kappa shape index (κ1) is 9.71. The second-order valence-corrected chi connectivity index (χ2v) is 3.54. The van der Waals surface area contributed by atoms with E-state index in [9.17, 15) is 4.39 Å². The molecular formula is C11H12FN3. The number of nitrogen functional groups attached to an aromatic ring is 1. The highest BCUT2D eigenvalue weighted by atomic mass is 19.1. The summed E-state index contributed by atoms with van der Waals surface area (Å²) in [4.78, 5) is 7.25. The number of aromatic nitrogens is 2. The van der Waals surface area contributed by atoms with Gasteiger partial charge in [0.2, 0.25) is 0 Å². The molecule has 1 heterocycles. The lowest BCUT2D eigenvalue weighted by atomic mass is 10.2. The van der Waals surface area contributed by atoms with Crippen molar-refractivity contribution in [2.45, 2.75) is 13.8 Å². The topological polar surface area (TPSA) is 54.7 Å². The SMILES string of the molecule is Cc1nc(-c2cc(N)ccc2F)[nH]c1C. The van der Waals surface area contributed by atoms with Crippen LogP contribution >= 0.6 is 0 Å². The summed E-state index contributed by atoms with van der Waals surface area (Å²) in [7, 11) is 0. The van der Waals surface area contributed by atoms with Gasteiger partial charge in [-0.3, -0.25) is 0 Å². The number of benzene rings is 1. The molecule has 1 aromatic carbocycles. The van der Waals surface area contributed by atoms with Crippen molar-refractivity contribution in [2.75, 3.05) is 5.73 Å². The van der Waals surface area contributed by atoms with Gasteiger partial charge in [-0.2, -0.15) is 0 Å². The normalized spacial score (nSPS) is 10.6. The molecule has 1 aromatic heterocycles. The van der Waals surface area contributed by atoms with Crippen LogP contribution in [-0.2, 0) is 0 Å². The molecule has 78 valence electrons. The molecule has 0 saturated heterocycles. The highest BCUT2D eigenvalue weighted by molar-refractivity contribution is 5.62. The lowest BCUT2D eigenvalue weighted by molar-refractivity contribution is 0.630. The maximum atomic E-state index is 13.5. The Morgan fingerprint density at radius 3 is 2.67 bits per heavy atom. The summed E-state index contributed by atoms with van der Waals surface area (Å²) in [5, 5.41) is 0. The predicted molar refractivity (Wildman–Crippen MR) is 57.9 cm³/mol. The Bertz CT molecular complexity index is 483. The van der Waals surface area contributed by atoms with Crippen molar-refractivity contribution in [3.8, 4) is 11.4 Å². The third kappa shape index (κ3) is 1.70. The number of nitrogens with one attached hydrogen (secondary N) is 1. The molecular weight excluding hydrogens is 193 g/mol. The highest BCUT2D eigenvalue weighted by Gasteiger charge is 2.10. The number of aromatic amines is 1. The first-order valence-corrected chi connectivity index (χ1v) is 4.66. The van der Waals surface area contributed by atoms with Crippen LogP contribution in [0.3, 0.4) is 0 Å². The van der Waals surface area contributed by atoms with Gasteiger partial charge in [0.05, 0.1) is 11.3 Å². The Hall–Kier alpha value is -1.84. The molecule has 15 heavy (non-hydrogen) atoms. The van der Waals surface area contributed by atoms with Crippen molar-refractivity contribution in [3.05, 3.63) is 35.4 Å². The number of anilines is 1. The fourth-order valence-corrected chi connectivity index (χ4v) is 1.40. The largest absolute Gasteiger partial charge is 0.399 e. The van der Waals surface area contributed by atoms with Crippen molar-refractivity contribution in [1.29, 1.82) is 0 Å². The van der Waals surface area contributed by atoms with Crippen molar-refractivity contribution in [3.63, 3.8) is 0 Å². The molecule has 0 spiro atoms. The van der Waals surface area contributed by atoms with Gasteiger partial charge in [0.25, 0.3) is 0 Å². The zero-order valence-corrected chi connectivity index (χ0v) is 8.63. The summed E-state index contributed by atoms with van der Waals surface area (Å²) in [5.74, 6) is 0.202. The van der Waals surface area contributed by atoms with E-state index < -0.39 is 0 Å². The first-order chi connectivity index (χ1) is 7.08. The number of H-pyrrole nitrogens is 1. The van der Waals surface area contributed by atoms with E-state index in [1.54, 1.807) is 6.07 Å². The smallest absolute Gasteiger partial charge is 0.140 e. The summed E-state index contributed by atoms with van der Waals surface area (Å²) in [6.07, 6.45) is 0. The Kier molecular flexibility index (Phi) is 2.19. The van der Waals surface area contributed by atoms with Gasteiger partial charge in [0, 0.05) is 11.4 Å². The van der Waals surface area contributed by atoms with Gasteiger partial charge in [0.15, 0.2) is 0 Å². The fourth-order valence-electron chi connectivity index (χ4n) is 1.40. The number of hydrogen-bond acceptors (Lipinski definition) is 2. The molecule has 0 saturated carbocycles. The highest BCUT2D eigenvalue weighted by Crippen LogP contribution is 2.23. The molecule has 4 heteroatoms. The number of halogens is 1. The summed E-state index contributed by atoms with van der Waals surface area (Å²) >= 11 is 0. The Morgan fingerprint density at radius 2 is 2.07 bits per heavy atom. The lowest BCUT2D eigenvalue weighted by Gasteiger charge is -2.00. The maximum Gasteiger partial charge on any atom is 0.140 e. The van der Waals surface area contributed by atoms with Gasteiger partial charge in [-0.15, -0.1) is 0 Å². The molecule has 0 atom stereocenters. The van der Waals surface area contributed by atoms with Crippen LogP contribution in [0, 0.1) is 19.7 Å². The third-order valence-corrected chi connectivity index (χ3v) is 2.37. The second kappa shape index (κ2) is 3.38. The molecule has 0 radical (unpaired) electrons. The summed E-state index contributed by atoms with van der Waals surface area (Å²) in [6, 6.07) is 4.45. The molecule has 3 N–H and O–H groups in total. The third-order valence-electron chi connectivity index (χ3n) is 2.37. The molecule has 0 amide bonds. The number of hydrogen-bond donors (Lipinski definition) is 2. The molecule has 0 aliphatic carbocycles. The van der Waals surface area contributed by atoms with Gasteiger partial charge in [0.1, 0.15) is 11.6 Å². The van der Waals surface area contributed by atoms with E-state index in [4.69, 9.17) is 5.73 Å². The quantitative estimate of drug-likeness (QED) is 0.702. The summed E-state index contributed by atoms with van der Waals surface area (Å²) in [5.41, 5.74) is 8.34. The van der Waals surface area contributed by atoms with Crippen LogP contribution in [0.5, 0.6) is 0 Å². The zero-order chi connectivity index (χ0) is 11.0. The van der Waals surface area contributed by atoms with Crippen LogP contribution in [0.15, 0.2) is 18.2 Å². The van der Waals surface area contributed by atoms with E-state index in [2.05, 4.69) is 9.97 Å². The van der Waals surface area contributed by atoms with Crippen LogP contribution in [0.1, 0.15) is 11.4 Å². The molecule has 0 fully saturated rings. The molecule has 2 rings (SSSR count).